The molecule has 1 aliphatic heterocycles. The molecule has 6 nitrogen and oxygen atoms in total. The molecule has 5 atom stereocenters. The van der Waals surface area contributed by atoms with E-state index in [1.54, 1.807) is 12.1 Å². The number of ether oxygens (including phenoxy) is 2. The van der Waals surface area contributed by atoms with Crippen LogP contribution >= 0.6 is 11.6 Å². The van der Waals surface area contributed by atoms with Crippen LogP contribution in [0.2, 0.25) is 5.02 Å². The Morgan fingerprint density at radius 1 is 1.14 bits per heavy atom. The van der Waals surface area contributed by atoms with Gasteiger partial charge in [0.15, 0.2) is 0 Å². The van der Waals surface area contributed by atoms with E-state index in [0.717, 1.165) is 16.9 Å². The van der Waals surface area contributed by atoms with Crippen LogP contribution in [0, 0.1) is 0 Å². The van der Waals surface area contributed by atoms with E-state index >= 15 is 0 Å². The van der Waals surface area contributed by atoms with Crippen LogP contribution in [0.1, 0.15) is 36.6 Å². The third kappa shape index (κ3) is 4.58. The Labute approximate surface area is 175 Å². The fraction of sp³-hybridized carbons (Fsp3) is 0.455. The molecule has 0 amide bonds. The van der Waals surface area contributed by atoms with E-state index in [1.165, 1.54) is 6.92 Å². The number of aliphatic hydroxyl groups is 4. The first-order chi connectivity index (χ1) is 13.8. The second-order valence-electron chi connectivity index (χ2n) is 7.50. The molecule has 3 rings (SSSR count). The van der Waals surface area contributed by atoms with Gasteiger partial charge in [0.2, 0.25) is 0 Å². The molecule has 0 aliphatic carbocycles. The molecule has 2 aromatic rings. The van der Waals surface area contributed by atoms with Crippen molar-refractivity contribution in [1.82, 2.24) is 0 Å². The normalized spacial score (nSPS) is 29.6. The van der Waals surface area contributed by atoms with Crippen molar-refractivity contribution in [2.24, 2.45) is 0 Å². The van der Waals surface area contributed by atoms with Crippen LogP contribution < -0.4 is 4.74 Å². The molecule has 1 fully saturated rings. The van der Waals surface area contributed by atoms with Crippen molar-refractivity contribution in [3.63, 3.8) is 0 Å². The van der Waals surface area contributed by atoms with E-state index in [4.69, 9.17) is 21.1 Å². The van der Waals surface area contributed by atoms with E-state index in [1.807, 2.05) is 37.3 Å². The van der Waals surface area contributed by atoms with Crippen molar-refractivity contribution in [2.75, 3.05) is 13.2 Å². The second-order valence-corrected chi connectivity index (χ2v) is 7.91. The Kier molecular flexibility index (Phi) is 6.83. The lowest BCUT2D eigenvalue weighted by Gasteiger charge is -2.46. The lowest BCUT2D eigenvalue weighted by molar-refractivity contribution is -0.271. The minimum atomic E-state index is -1.74. The predicted octanol–water partition coefficient (Wildman–Crippen LogP) is 2.23. The van der Waals surface area contributed by atoms with Gasteiger partial charge in [0.1, 0.15) is 35.8 Å². The zero-order valence-corrected chi connectivity index (χ0v) is 17.2. The van der Waals surface area contributed by atoms with Crippen molar-refractivity contribution in [1.29, 1.82) is 0 Å². The first kappa shape index (κ1) is 22.0. The minimum absolute atomic E-state index is 0.475. The fourth-order valence-electron chi connectivity index (χ4n) is 3.65. The molecule has 0 bridgehead atoms. The van der Waals surface area contributed by atoms with Crippen molar-refractivity contribution in [3.8, 4) is 5.75 Å². The highest BCUT2D eigenvalue weighted by molar-refractivity contribution is 6.31. The number of aliphatic hydroxyl groups excluding tert-OH is 3. The van der Waals surface area contributed by atoms with Gasteiger partial charge >= 0.3 is 0 Å². The van der Waals surface area contributed by atoms with Gasteiger partial charge in [-0.05, 0) is 55.2 Å². The summed E-state index contributed by atoms with van der Waals surface area (Å²) in [5.74, 6) is 0.797. The minimum Gasteiger partial charge on any atom is -0.494 e. The van der Waals surface area contributed by atoms with Crippen molar-refractivity contribution in [2.45, 2.75) is 50.3 Å². The number of hydrogen-bond donors (Lipinski definition) is 4. The zero-order valence-electron chi connectivity index (χ0n) is 16.5. The summed E-state index contributed by atoms with van der Waals surface area (Å²) in [5, 5.41) is 41.2. The molecule has 0 spiro atoms. The second kappa shape index (κ2) is 9.00. The van der Waals surface area contributed by atoms with Crippen molar-refractivity contribution < 1.29 is 29.9 Å². The fourth-order valence-corrected chi connectivity index (χ4v) is 3.83. The van der Waals surface area contributed by atoms with Crippen LogP contribution in [-0.4, -0.2) is 57.6 Å². The van der Waals surface area contributed by atoms with Gasteiger partial charge in [0, 0.05) is 5.02 Å². The van der Waals surface area contributed by atoms with Gasteiger partial charge in [-0.15, -0.1) is 0 Å². The molecule has 158 valence electrons. The first-order valence-electron chi connectivity index (χ1n) is 9.62. The molecule has 1 heterocycles. The number of hydrogen-bond acceptors (Lipinski definition) is 6. The van der Waals surface area contributed by atoms with Crippen LogP contribution in [0.25, 0.3) is 0 Å². The lowest BCUT2D eigenvalue weighted by Crippen LogP contribution is -2.61. The largest absolute Gasteiger partial charge is 0.494 e. The van der Waals surface area contributed by atoms with Crippen molar-refractivity contribution >= 4 is 11.6 Å². The highest BCUT2D eigenvalue weighted by Crippen LogP contribution is 2.40. The van der Waals surface area contributed by atoms with Gasteiger partial charge in [-0.2, -0.15) is 0 Å². The van der Waals surface area contributed by atoms with E-state index in [2.05, 4.69) is 0 Å². The van der Waals surface area contributed by atoms with E-state index < -0.39 is 36.6 Å². The molecule has 1 aliphatic rings. The smallest absolute Gasteiger partial charge is 0.121 e. The maximum atomic E-state index is 10.8. The summed E-state index contributed by atoms with van der Waals surface area (Å²) in [6.07, 6.45) is -4.23. The van der Waals surface area contributed by atoms with Gasteiger partial charge in [-0.1, -0.05) is 35.9 Å². The van der Waals surface area contributed by atoms with E-state index in [9.17, 15) is 20.4 Å². The summed E-state index contributed by atoms with van der Waals surface area (Å²) in [4.78, 5) is 0. The molecule has 0 radical (unpaired) electrons. The molecule has 4 N–H and O–H groups in total. The molecule has 2 aromatic carbocycles. The standard InChI is InChI=1S/C22H27ClO6/c1-3-28-16-7-4-13(5-8-16)10-15-11-14(6-9-17(15)23)21-22(2,27)20(26)19(25)18(12-24)29-21/h4-9,11,18-21,24-27H,3,10,12H2,1-2H3/t18?,19-,20+,21?,22?/m1/s1. The molecular weight excluding hydrogens is 396 g/mol. The first-order valence-corrected chi connectivity index (χ1v) is 10.0. The van der Waals surface area contributed by atoms with Crippen molar-refractivity contribution in [3.05, 3.63) is 64.2 Å². The molecule has 7 heteroatoms. The summed E-state index contributed by atoms with van der Waals surface area (Å²) >= 11 is 6.39. The predicted molar refractivity (Wildman–Crippen MR) is 109 cm³/mol. The third-order valence-electron chi connectivity index (χ3n) is 5.33. The Hall–Kier alpha value is -1.67. The van der Waals surface area contributed by atoms with Crippen LogP contribution in [0.15, 0.2) is 42.5 Å². The summed E-state index contributed by atoms with van der Waals surface area (Å²) < 4.78 is 11.2. The molecule has 3 unspecified atom stereocenters. The SMILES string of the molecule is CCOc1ccc(Cc2cc(C3OC(CO)[C@@H](O)[C@H](O)C3(C)O)ccc2Cl)cc1. The molecule has 29 heavy (non-hydrogen) atoms. The molecular formula is C22H27ClO6. The van der Waals surface area contributed by atoms with Crippen LogP contribution in [0.5, 0.6) is 5.75 Å². The van der Waals surface area contributed by atoms with Gasteiger partial charge in [0.25, 0.3) is 0 Å². The zero-order chi connectivity index (χ0) is 21.2. The Morgan fingerprint density at radius 2 is 1.83 bits per heavy atom. The maximum absolute atomic E-state index is 10.8. The molecule has 1 saturated heterocycles. The number of benzene rings is 2. The highest BCUT2D eigenvalue weighted by Gasteiger charge is 2.52. The van der Waals surface area contributed by atoms with Crippen LogP contribution in [0.4, 0.5) is 0 Å². The quantitative estimate of drug-likeness (QED) is 0.569. The average Bonchev–Trinajstić information content (AvgIpc) is 2.70. The Morgan fingerprint density at radius 3 is 2.45 bits per heavy atom. The third-order valence-corrected chi connectivity index (χ3v) is 5.70. The summed E-state index contributed by atoms with van der Waals surface area (Å²) in [7, 11) is 0. The summed E-state index contributed by atoms with van der Waals surface area (Å²) in [5.41, 5.74) is 0.723. The van der Waals surface area contributed by atoms with Gasteiger partial charge in [0.05, 0.1) is 13.2 Å². The topological polar surface area (TPSA) is 99.4 Å². The average molecular weight is 423 g/mol. The Balaban J connectivity index is 1.87. The van der Waals surface area contributed by atoms with Gasteiger partial charge in [-0.25, -0.2) is 0 Å². The van der Waals surface area contributed by atoms with Crippen LogP contribution in [0.3, 0.4) is 0 Å². The van der Waals surface area contributed by atoms with Crippen LogP contribution in [-0.2, 0) is 11.2 Å². The van der Waals surface area contributed by atoms with E-state index in [-0.39, 0.29) is 0 Å². The monoisotopic (exact) mass is 422 g/mol. The summed E-state index contributed by atoms with van der Waals surface area (Å²) in [6.45, 7) is 3.46. The molecule has 0 saturated carbocycles. The van der Waals surface area contributed by atoms with Gasteiger partial charge in [-0.3, -0.25) is 0 Å². The van der Waals surface area contributed by atoms with E-state index in [0.29, 0.717) is 23.6 Å². The number of halogens is 1. The maximum Gasteiger partial charge on any atom is 0.121 e. The Bertz CT molecular complexity index is 823. The highest BCUT2D eigenvalue weighted by atomic mass is 35.5. The lowest BCUT2D eigenvalue weighted by atomic mass is 9.80. The number of rotatable bonds is 6. The molecule has 0 aromatic heterocycles. The summed E-state index contributed by atoms with van der Waals surface area (Å²) in [6, 6.07) is 13.0. The van der Waals surface area contributed by atoms with Gasteiger partial charge < -0.3 is 29.9 Å².